The number of nitrogens with one attached hydrogen (secondary N) is 2. The fraction of sp³-hybridized carbons (Fsp3) is 0.686. The van der Waals surface area contributed by atoms with Gasteiger partial charge < -0.3 is 9.47 Å². The van der Waals surface area contributed by atoms with Gasteiger partial charge in [-0.3, -0.25) is 10.8 Å². The lowest BCUT2D eigenvalue weighted by Gasteiger charge is -2.27. The summed E-state index contributed by atoms with van der Waals surface area (Å²) in [5.41, 5.74) is 0.603. The van der Waals surface area contributed by atoms with Crippen molar-refractivity contribution < 1.29 is 13.9 Å². The first-order valence-electron chi connectivity index (χ1n) is 23.6. The largest absolute Gasteiger partial charge is 0.494 e. The maximum Gasteiger partial charge on any atom is 0.137 e. The molecule has 60 heavy (non-hydrogen) atoms. The van der Waals surface area contributed by atoms with E-state index in [-0.39, 0.29) is 32.4 Å². The summed E-state index contributed by atoms with van der Waals surface area (Å²) < 4.78 is 28.9. The molecule has 2 aromatic rings. The van der Waals surface area contributed by atoms with E-state index >= 15 is 4.39 Å². The van der Waals surface area contributed by atoms with Crippen LogP contribution in [0.5, 0.6) is 0 Å². The molecule has 0 aliphatic heterocycles. The minimum Gasteiger partial charge on any atom is -0.494 e. The predicted octanol–water partition coefficient (Wildman–Crippen LogP) is 17.7. The zero-order valence-corrected chi connectivity index (χ0v) is 42.1. The topological polar surface area (TPSA) is 66.2 Å². The zero-order chi connectivity index (χ0) is 44.0. The van der Waals surface area contributed by atoms with Crippen molar-refractivity contribution in [3.05, 3.63) is 61.4 Å². The van der Waals surface area contributed by atoms with Gasteiger partial charge in [-0.15, -0.1) is 34.4 Å². The highest BCUT2D eigenvalue weighted by Gasteiger charge is 2.31. The number of thiol groups is 1. The molecule has 0 saturated carbocycles. The molecule has 0 fully saturated rings. The second kappa shape index (κ2) is 28.2. The lowest BCUT2D eigenvalue weighted by Crippen LogP contribution is -2.24. The summed E-state index contributed by atoms with van der Waals surface area (Å²) in [5, 5.41) is 18.2. The normalized spacial score (nSPS) is 14.9. The van der Waals surface area contributed by atoms with E-state index in [9.17, 15) is 0 Å². The third-order valence-electron chi connectivity index (χ3n) is 12.0. The van der Waals surface area contributed by atoms with E-state index in [1.165, 1.54) is 138 Å². The summed E-state index contributed by atoms with van der Waals surface area (Å²) in [5.74, 6) is 0.387. The number of ether oxygens (including phenoxy) is 2. The number of rotatable bonds is 33. The van der Waals surface area contributed by atoms with Gasteiger partial charge in [0.05, 0.1) is 28.5 Å². The highest BCUT2D eigenvalue weighted by molar-refractivity contribution is 8.09. The summed E-state index contributed by atoms with van der Waals surface area (Å²) in [4.78, 5) is 4.65. The second-order valence-electron chi connectivity index (χ2n) is 18.0. The van der Waals surface area contributed by atoms with Crippen molar-refractivity contribution in [1.29, 1.82) is 10.8 Å². The van der Waals surface area contributed by atoms with Crippen LogP contribution < -0.4 is 0 Å². The van der Waals surface area contributed by atoms with Crippen LogP contribution in [0.2, 0.25) is 0 Å². The Morgan fingerprint density at radius 1 is 0.700 bits per heavy atom. The van der Waals surface area contributed by atoms with Crippen LogP contribution in [0, 0.1) is 10.8 Å². The Bertz CT molecular complexity index is 1680. The van der Waals surface area contributed by atoms with Crippen LogP contribution in [0.3, 0.4) is 0 Å². The molecule has 0 bridgehead atoms. The van der Waals surface area contributed by atoms with Crippen LogP contribution >= 0.6 is 47.1 Å². The van der Waals surface area contributed by atoms with Crippen LogP contribution in [0.4, 0.5) is 4.39 Å². The van der Waals surface area contributed by atoms with Gasteiger partial charge in [0.2, 0.25) is 0 Å². The number of thioether (sulfide) groups is 1. The lowest BCUT2D eigenvalue weighted by atomic mass is 9.88. The van der Waals surface area contributed by atoms with E-state index in [0.717, 1.165) is 51.0 Å². The Balaban J connectivity index is 1.82. The van der Waals surface area contributed by atoms with Gasteiger partial charge in [0, 0.05) is 41.7 Å². The molecule has 0 radical (unpaired) electrons. The summed E-state index contributed by atoms with van der Waals surface area (Å²) >= 11 is 9.79. The SMILES string of the molecule is CCCCCCCCCCCCOC/C(OCCCCCCCCCCCC)=C(\SC(C)C(C)(C)S)c1ccc(C2=CC(F)=C(c3ccc(C(C)(C)CC)s3)C(=N)C2=N)s1. The Hall–Kier alpha value is -1.65. The minimum absolute atomic E-state index is 0.0323. The van der Waals surface area contributed by atoms with Gasteiger partial charge in [-0.1, -0.05) is 157 Å². The summed E-state index contributed by atoms with van der Waals surface area (Å²) in [6, 6.07) is 7.99. The average molecular weight is 901 g/mol. The van der Waals surface area contributed by atoms with Crippen molar-refractivity contribution in [2.75, 3.05) is 19.8 Å². The zero-order valence-electron chi connectivity index (χ0n) is 38.8. The molecule has 0 spiro atoms. The Labute approximate surface area is 383 Å². The number of hydrogen-bond donors (Lipinski definition) is 3. The minimum atomic E-state index is -0.458. The quantitative estimate of drug-likeness (QED) is 0.0289. The lowest BCUT2D eigenvalue weighted by molar-refractivity contribution is 0.0952. The molecule has 3 rings (SSSR count). The molecule has 0 aromatic carbocycles. The van der Waals surface area contributed by atoms with Gasteiger partial charge in [-0.25, -0.2) is 4.39 Å². The molecule has 2 N–H and O–H groups in total. The third kappa shape index (κ3) is 17.8. The van der Waals surface area contributed by atoms with Crippen molar-refractivity contribution in [1.82, 2.24) is 0 Å². The van der Waals surface area contributed by atoms with Crippen LogP contribution in [0.25, 0.3) is 16.1 Å². The number of unbranched alkanes of at least 4 members (excludes halogenated alkanes) is 18. The first kappa shape index (κ1) is 52.7. The molecule has 2 aromatic heterocycles. The van der Waals surface area contributed by atoms with Gasteiger partial charge in [0.15, 0.2) is 0 Å². The molecule has 9 heteroatoms. The molecular weight excluding hydrogens is 820 g/mol. The molecule has 1 atom stereocenters. The first-order chi connectivity index (χ1) is 28.7. The fourth-order valence-electron chi connectivity index (χ4n) is 7.10. The van der Waals surface area contributed by atoms with Gasteiger partial charge >= 0.3 is 0 Å². The van der Waals surface area contributed by atoms with Crippen molar-refractivity contribution in [2.45, 2.75) is 206 Å². The van der Waals surface area contributed by atoms with Crippen LogP contribution in [0.15, 0.2) is 41.9 Å². The van der Waals surface area contributed by atoms with Gasteiger partial charge in [0.1, 0.15) is 18.2 Å². The van der Waals surface area contributed by atoms with Gasteiger partial charge in [-0.05, 0) is 68.9 Å². The van der Waals surface area contributed by atoms with Crippen LogP contribution in [-0.4, -0.2) is 41.2 Å². The monoisotopic (exact) mass is 901 g/mol. The van der Waals surface area contributed by atoms with E-state index < -0.39 is 5.83 Å². The van der Waals surface area contributed by atoms with Gasteiger partial charge in [-0.2, -0.15) is 12.6 Å². The number of halogens is 1. The van der Waals surface area contributed by atoms with E-state index in [2.05, 4.69) is 61.5 Å². The maximum atomic E-state index is 16.1. The smallest absolute Gasteiger partial charge is 0.137 e. The molecule has 1 aliphatic rings. The Kier molecular flexibility index (Phi) is 24.8. The van der Waals surface area contributed by atoms with Crippen molar-refractivity contribution in [2.24, 2.45) is 0 Å². The van der Waals surface area contributed by atoms with Crippen LogP contribution in [-0.2, 0) is 14.9 Å². The summed E-state index contributed by atoms with van der Waals surface area (Å²) in [6.07, 6.45) is 28.0. The highest BCUT2D eigenvalue weighted by Crippen LogP contribution is 2.45. The second-order valence-corrected chi connectivity index (χ2v) is 22.7. The van der Waals surface area contributed by atoms with E-state index in [4.69, 9.17) is 32.9 Å². The van der Waals surface area contributed by atoms with Crippen molar-refractivity contribution >= 4 is 74.5 Å². The molecule has 338 valence electrons. The highest BCUT2D eigenvalue weighted by atomic mass is 32.2. The first-order valence-corrected chi connectivity index (χ1v) is 26.5. The number of allylic oxidation sites excluding steroid dienone is 4. The fourth-order valence-corrected chi connectivity index (χ4v) is 10.8. The van der Waals surface area contributed by atoms with Crippen molar-refractivity contribution in [3.63, 3.8) is 0 Å². The maximum absolute atomic E-state index is 16.1. The predicted molar refractivity (Wildman–Crippen MR) is 271 cm³/mol. The average Bonchev–Trinajstić information content (AvgIpc) is 3.91. The Morgan fingerprint density at radius 3 is 1.75 bits per heavy atom. The number of hydrogen-bond acceptors (Lipinski definition) is 8. The van der Waals surface area contributed by atoms with Gasteiger partial charge in [0.25, 0.3) is 0 Å². The molecule has 1 aliphatic carbocycles. The summed E-state index contributed by atoms with van der Waals surface area (Å²) in [7, 11) is 0. The van der Waals surface area contributed by atoms with E-state index in [0.29, 0.717) is 30.3 Å². The molecule has 2 heterocycles. The third-order valence-corrected chi connectivity index (χ3v) is 16.9. The Morgan fingerprint density at radius 2 is 1.22 bits per heavy atom. The number of thiophene rings is 2. The molecule has 4 nitrogen and oxygen atoms in total. The van der Waals surface area contributed by atoms with E-state index in [1.54, 1.807) is 11.8 Å². The molecule has 0 amide bonds. The van der Waals surface area contributed by atoms with E-state index in [1.807, 2.05) is 18.2 Å². The molecular formula is C51H81FN2O2S4. The van der Waals surface area contributed by atoms with Crippen molar-refractivity contribution in [3.8, 4) is 0 Å². The standard InChI is InChI=1S/C51H81FN2O2S4/c1-9-12-14-16-18-20-22-24-26-28-34-55-37-41(56-35-29-27-25-23-21-19-17-15-13-10-2)49(58-38(4)51(7,8)57)44-31-30-42(59-44)39-36-40(52)46(48(54)47(39)53)43-32-33-45(60-43)50(5,6)11-3/h30-33,36,38,53-54,57H,9-29,34-35,37H2,1-8H3/b49-41+,53-47?,54-48?. The molecule has 1 unspecified atom stereocenters. The summed E-state index contributed by atoms with van der Waals surface area (Å²) in [6.45, 7) is 19.3. The van der Waals surface area contributed by atoms with Crippen LogP contribution in [0.1, 0.15) is 210 Å². The molecule has 0 saturated heterocycles.